The molecule has 0 aliphatic carbocycles. The van der Waals surface area contributed by atoms with Crippen LogP contribution in [-0.4, -0.2) is 40.4 Å². The summed E-state index contributed by atoms with van der Waals surface area (Å²) in [6, 6.07) is 4.61. The summed E-state index contributed by atoms with van der Waals surface area (Å²) in [4.78, 5) is 10.5. The number of aldehydes is 1. The van der Waals surface area contributed by atoms with Gasteiger partial charge >= 0.3 is 0 Å². The molecule has 0 spiro atoms. The molecule has 0 amide bonds. The van der Waals surface area contributed by atoms with Crippen molar-refractivity contribution in [3.8, 4) is 5.75 Å². The molecule has 5 nitrogen and oxygen atoms in total. The van der Waals surface area contributed by atoms with Crippen LogP contribution in [0.2, 0.25) is 0 Å². The van der Waals surface area contributed by atoms with Gasteiger partial charge in [0.05, 0.1) is 24.4 Å². The van der Waals surface area contributed by atoms with Crippen LogP contribution in [0, 0.1) is 0 Å². The average molecular weight is 238 g/mol. The summed E-state index contributed by atoms with van der Waals surface area (Å²) < 4.78 is 5.44. The van der Waals surface area contributed by atoms with Crippen LogP contribution in [0.5, 0.6) is 5.75 Å². The fourth-order valence-corrected chi connectivity index (χ4v) is 1.97. The van der Waals surface area contributed by atoms with Gasteiger partial charge in [0.2, 0.25) is 0 Å². The number of hydrogen-bond acceptors (Lipinski definition) is 5. The van der Waals surface area contributed by atoms with E-state index in [2.05, 4.69) is 0 Å². The summed E-state index contributed by atoms with van der Waals surface area (Å²) >= 11 is 0. The standard InChI is InChI=1S/C12H14O5/c13-5-8-2-1-7(3-9(8)15)11-4-10(16)12(6-14)17-11/h1-3,5,10-12,14-16H,4,6H2/t10-,11-,12-/m1/s1. The number of benzene rings is 1. The van der Waals surface area contributed by atoms with Gasteiger partial charge in [-0.2, -0.15) is 0 Å². The van der Waals surface area contributed by atoms with Crippen molar-refractivity contribution >= 4 is 6.29 Å². The number of phenolic OH excluding ortho intramolecular Hbond substituents is 1. The first kappa shape index (κ1) is 12.0. The molecule has 92 valence electrons. The highest BCUT2D eigenvalue weighted by Gasteiger charge is 2.34. The second-order valence-electron chi connectivity index (χ2n) is 4.08. The number of carbonyl (C=O) groups is 1. The third kappa shape index (κ3) is 2.31. The second-order valence-corrected chi connectivity index (χ2v) is 4.08. The van der Waals surface area contributed by atoms with E-state index in [1.54, 1.807) is 6.07 Å². The molecule has 5 heteroatoms. The third-order valence-corrected chi connectivity index (χ3v) is 2.96. The van der Waals surface area contributed by atoms with E-state index in [4.69, 9.17) is 9.84 Å². The van der Waals surface area contributed by atoms with Gasteiger partial charge in [-0.15, -0.1) is 0 Å². The van der Waals surface area contributed by atoms with Gasteiger partial charge < -0.3 is 20.1 Å². The summed E-state index contributed by atoms with van der Waals surface area (Å²) in [6.07, 6.45) is -0.731. The number of ether oxygens (including phenoxy) is 1. The van der Waals surface area contributed by atoms with Gasteiger partial charge in [-0.25, -0.2) is 0 Å². The number of phenols is 1. The van der Waals surface area contributed by atoms with Crippen LogP contribution < -0.4 is 0 Å². The monoisotopic (exact) mass is 238 g/mol. The Balaban J connectivity index is 2.19. The molecule has 1 heterocycles. The van der Waals surface area contributed by atoms with E-state index in [0.717, 1.165) is 0 Å². The molecule has 3 atom stereocenters. The highest BCUT2D eigenvalue weighted by Crippen LogP contribution is 2.34. The van der Waals surface area contributed by atoms with E-state index in [0.29, 0.717) is 18.3 Å². The molecule has 0 unspecified atom stereocenters. The number of carbonyl (C=O) groups excluding carboxylic acids is 1. The molecule has 0 saturated carbocycles. The molecule has 1 aliphatic rings. The summed E-state index contributed by atoms with van der Waals surface area (Å²) in [5.41, 5.74) is 0.897. The van der Waals surface area contributed by atoms with Crippen LogP contribution in [-0.2, 0) is 4.74 Å². The minimum absolute atomic E-state index is 0.108. The van der Waals surface area contributed by atoms with Crippen molar-refractivity contribution < 1.29 is 24.9 Å². The van der Waals surface area contributed by atoms with Gasteiger partial charge in [0.1, 0.15) is 11.9 Å². The maximum atomic E-state index is 10.5. The van der Waals surface area contributed by atoms with Crippen molar-refractivity contribution in [2.45, 2.75) is 24.7 Å². The Morgan fingerprint density at radius 2 is 2.24 bits per heavy atom. The molecule has 1 aromatic carbocycles. The molecule has 3 N–H and O–H groups in total. The predicted octanol–water partition coefficient (Wildman–Crippen LogP) is 0.388. The molecule has 0 aromatic heterocycles. The number of aliphatic hydroxyl groups excluding tert-OH is 2. The van der Waals surface area contributed by atoms with Crippen molar-refractivity contribution in [3.63, 3.8) is 0 Å². The van der Waals surface area contributed by atoms with Crippen molar-refractivity contribution in [1.82, 2.24) is 0 Å². The molecule has 1 aliphatic heterocycles. The first-order valence-electron chi connectivity index (χ1n) is 5.38. The van der Waals surface area contributed by atoms with Crippen molar-refractivity contribution in [3.05, 3.63) is 29.3 Å². The fraction of sp³-hybridized carbons (Fsp3) is 0.417. The quantitative estimate of drug-likeness (QED) is 0.663. The Labute approximate surface area is 98.3 Å². The van der Waals surface area contributed by atoms with Crippen molar-refractivity contribution in [2.75, 3.05) is 6.61 Å². The number of rotatable bonds is 3. The topological polar surface area (TPSA) is 87.0 Å². The lowest BCUT2D eigenvalue weighted by molar-refractivity contribution is -0.0225. The number of hydrogen-bond donors (Lipinski definition) is 3. The van der Waals surface area contributed by atoms with Crippen molar-refractivity contribution in [1.29, 1.82) is 0 Å². The van der Waals surface area contributed by atoms with Crippen LogP contribution in [0.3, 0.4) is 0 Å². The summed E-state index contributed by atoms with van der Waals surface area (Å²) in [7, 11) is 0. The normalized spacial score (nSPS) is 28.2. The molecule has 17 heavy (non-hydrogen) atoms. The Hall–Kier alpha value is -1.43. The molecule has 1 aromatic rings. The predicted molar refractivity (Wildman–Crippen MR) is 58.8 cm³/mol. The average Bonchev–Trinajstić information content (AvgIpc) is 2.70. The Bertz CT molecular complexity index is 417. The van der Waals surface area contributed by atoms with E-state index in [1.165, 1.54) is 12.1 Å². The van der Waals surface area contributed by atoms with Crippen LogP contribution in [0.25, 0.3) is 0 Å². The second kappa shape index (κ2) is 4.83. The molecule has 0 bridgehead atoms. The zero-order valence-electron chi connectivity index (χ0n) is 9.11. The minimum Gasteiger partial charge on any atom is -0.507 e. The van der Waals surface area contributed by atoms with E-state index in [9.17, 15) is 15.0 Å². The van der Waals surface area contributed by atoms with Crippen LogP contribution in [0.1, 0.15) is 28.4 Å². The summed E-state index contributed by atoms with van der Waals surface area (Å²) in [6.45, 7) is -0.240. The van der Waals surface area contributed by atoms with Crippen LogP contribution in [0.15, 0.2) is 18.2 Å². The zero-order valence-corrected chi connectivity index (χ0v) is 9.11. The highest BCUT2D eigenvalue weighted by molar-refractivity contribution is 5.79. The van der Waals surface area contributed by atoms with Gasteiger partial charge in [0.25, 0.3) is 0 Å². The number of aromatic hydroxyl groups is 1. The van der Waals surface area contributed by atoms with E-state index in [1.807, 2.05) is 0 Å². The maximum absolute atomic E-state index is 10.5. The fourth-order valence-electron chi connectivity index (χ4n) is 1.97. The minimum atomic E-state index is -0.710. The molecule has 1 saturated heterocycles. The van der Waals surface area contributed by atoms with Gasteiger partial charge in [0.15, 0.2) is 6.29 Å². The lowest BCUT2D eigenvalue weighted by atomic mass is 10.0. The molecule has 1 fully saturated rings. The van der Waals surface area contributed by atoms with Crippen molar-refractivity contribution in [2.24, 2.45) is 0 Å². The Kier molecular flexibility index (Phi) is 3.42. The summed E-state index contributed by atoms with van der Waals surface area (Å²) in [5.74, 6) is -0.108. The molecular weight excluding hydrogens is 224 g/mol. The van der Waals surface area contributed by atoms with E-state index < -0.39 is 12.2 Å². The van der Waals surface area contributed by atoms with E-state index in [-0.39, 0.29) is 24.0 Å². The lowest BCUT2D eigenvalue weighted by Gasteiger charge is -2.12. The highest BCUT2D eigenvalue weighted by atomic mass is 16.5. The van der Waals surface area contributed by atoms with E-state index >= 15 is 0 Å². The van der Waals surface area contributed by atoms with Crippen LogP contribution >= 0.6 is 0 Å². The third-order valence-electron chi connectivity index (χ3n) is 2.96. The SMILES string of the molecule is O=Cc1ccc([C@H]2C[C@@H](O)[C@@H](CO)O2)cc1O. The number of aliphatic hydroxyl groups is 2. The molecule has 2 rings (SSSR count). The molecular formula is C12H14O5. The maximum Gasteiger partial charge on any atom is 0.153 e. The van der Waals surface area contributed by atoms with Gasteiger partial charge in [0, 0.05) is 6.42 Å². The largest absolute Gasteiger partial charge is 0.507 e. The Morgan fingerprint density at radius 1 is 1.47 bits per heavy atom. The Morgan fingerprint density at radius 3 is 2.76 bits per heavy atom. The van der Waals surface area contributed by atoms with Gasteiger partial charge in [-0.3, -0.25) is 4.79 Å². The van der Waals surface area contributed by atoms with Crippen LogP contribution in [0.4, 0.5) is 0 Å². The van der Waals surface area contributed by atoms with Gasteiger partial charge in [-0.1, -0.05) is 6.07 Å². The first-order valence-corrected chi connectivity index (χ1v) is 5.38. The first-order chi connectivity index (χ1) is 8.15. The molecule has 0 radical (unpaired) electrons. The summed E-state index contributed by atoms with van der Waals surface area (Å²) in [5, 5.41) is 28.1. The smallest absolute Gasteiger partial charge is 0.153 e. The van der Waals surface area contributed by atoms with Gasteiger partial charge in [-0.05, 0) is 17.7 Å². The lowest BCUT2D eigenvalue weighted by Crippen LogP contribution is -2.24. The zero-order chi connectivity index (χ0) is 12.4.